The minimum atomic E-state index is -4.55. The van der Waals surface area contributed by atoms with Crippen molar-refractivity contribution in [1.29, 1.82) is 0 Å². The minimum Gasteiger partial charge on any atom is -0.481 e. The van der Waals surface area contributed by atoms with E-state index in [2.05, 4.69) is 20.3 Å². The van der Waals surface area contributed by atoms with Crippen LogP contribution in [0.25, 0.3) is 16.8 Å². The molecule has 0 spiro atoms. The number of nitrogens with zero attached hydrogens (tertiary/aromatic N) is 5. The lowest BCUT2D eigenvalue weighted by Crippen LogP contribution is -2.06. The van der Waals surface area contributed by atoms with Gasteiger partial charge in [-0.2, -0.15) is 17.7 Å². The minimum absolute atomic E-state index is 0.00244. The van der Waals surface area contributed by atoms with E-state index in [4.69, 9.17) is 21.1 Å². The largest absolute Gasteiger partial charge is 0.481 e. The molecule has 0 amide bonds. The van der Waals surface area contributed by atoms with Gasteiger partial charge in [-0.05, 0) is 48.0 Å². The zero-order valence-electron chi connectivity index (χ0n) is 14.7. The number of aromatic nitrogens is 5. The summed E-state index contributed by atoms with van der Waals surface area (Å²) in [5, 5.41) is 11.6. The molecule has 0 aliphatic rings. The Bertz CT molecular complexity index is 1200. The van der Waals surface area contributed by atoms with Crippen molar-refractivity contribution >= 4 is 17.2 Å². The lowest BCUT2D eigenvalue weighted by atomic mass is 10.0. The third-order valence-electron chi connectivity index (χ3n) is 3.98. The summed E-state index contributed by atoms with van der Waals surface area (Å²) in [4.78, 5) is 4.08. The van der Waals surface area contributed by atoms with Crippen molar-refractivity contribution in [3.63, 3.8) is 0 Å². The molecule has 0 saturated heterocycles. The van der Waals surface area contributed by atoms with E-state index in [9.17, 15) is 13.2 Å². The molecule has 3 heterocycles. The van der Waals surface area contributed by atoms with Crippen LogP contribution in [0.4, 0.5) is 13.2 Å². The molecule has 29 heavy (non-hydrogen) atoms. The van der Waals surface area contributed by atoms with Crippen LogP contribution in [0.15, 0.2) is 48.7 Å². The molecule has 3 aromatic heterocycles. The maximum Gasteiger partial charge on any atom is 0.416 e. The molecule has 0 aliphatic heterocycles. The highest BCUT2D eigenvalue weighted by molar-refractivity contribution is 6.28. The molecule has 0 radical (unpaired) electrons. The first-order valence-electron chi connectivity index (χ1n) is 8.13. The predicted octanol–water partition coefficient (Wildman–Crippen LogP) is 4.66. The zero-order chi connectivity index (χ0) is 20.6. The van der Waals surface area contributed by atoms with Gasteiger partial charge in [-0.3, -0.25) is 0 Å². The van der Waals surface area contributed by atoms with Crippen molar-refractivity contribution in [1.82, 2.24) is 24.8 Å². The number of rotatable bonds is 4. The standard InChI is InChI=1S/C18H11ClF3N5O2/c1-28-16-12(3-2-8-23-16)11-5-4-10(18(20,21)22)9-13(11)29-15-7-6-14-24-25-17(19)27(14)26-15/h2-9H,1H3. The number of benzene rings is 1. The third-order valence-corrected chi connectivity index (χ3v) is 4.21. The molecule has 4 rings (SSSR count). The second kappa shape index (κ2) is 7.21. The smallest absolute Gasteiger partial charge is 0.416 e. The first kappa shape index (κ1) is 18.9. The van der Waals surface area contributed by atoms with E-state index in [1.165, 1.54) is 36.0 Å². The number of hydrogen-bond donors (Lipinski definition) is 0. The first-order chi connectivity index (χ1) is 13.9. The summed E-state index contributed by atoms with van der Waals surface area (Å²) < 4.78 is 51.9. The normalized spacial score (nSPS) is 11.6. The Labute approximate surface area is 166 Å². The fourth-order valence-electron chi connectivity index (χ4n) is 2.68. The van der Waals surface area contributed by atoms with Crippen LogP contribution < -0.4 is 9.47 Å². The van der Waals surface area contributed by atoms with Crippen LogP contribution in [-0.2, 0) is 6.18 Å². The predicted molar refractivity (Wildman–Crippen MR) is 97.1 cm³/mol. The SMILES string of the molecule is COc1ncccc1-c1ccc(C(F)(F)F)cc1Oc1ccc2nnc(Cl)n2n1. The number of alkyl halides is 3. The molecule has 0 bridgehead atoms. The van der Waals surface area contributed by atoms with Gasteiger partial charge in [-0.25, -0.2) is 4.98 Å². The summed E-state index contributed by atoms with van der Waals surface area (Å²) in [6.45, 7) is 0. The average Bonchev–Trinajstić information content (AvgIpc) is 3.07. The van der Waals surface area contributed by atoms with Crippen molar-refractivity contribution in [2.24, 2.45) is 0 Å². The molecule has 11 heteroatoms. The van der Waals surface area contributed by atoms with E-state index >= 15 is 0 Å². The fraction of sp³-hybridized carbons (Fsp3) is 0.111. The Balaban J connectivity index is 1.85. The first-order valence-corrected chi connectivity index (χ1v) is 8.51. The highest BCUT2D eigenvalue weighted by atomic mass is 35.5. The van der Waals surface area contributed by atoms with E-state index < -0.39 is 11.7 Å². The fourth-order valence-corrected chi connectivity index (χ4v) is 2.84. The number of pyridine rings is 1. The molecule has 148 valence electrons. The van der Waals surface area contributed by atoms with Crippen molar-refractivity contribution < 1.29 is 22.6 Å². The quantitative estimate of drug-likeness (QED) is 0.477. The number of halogens is 4. The molecule has 7 nitrogen and oxygen atoms in total. The molecular weight excluding hydrogens is 411 g/mol. The molecule has 0 fully saturated rings. The lowest BCUT2D eigenvalue weighted by molar-refractivity contribution is -0.137. The van der Waals surface area contributed by atoms with Gasteiger partial charge in [0.2, 0.25) is 17.0 Å². The summed E-state index contributed by atoms with van der Waals surface area (Å²) >= 11 is 5.90. The Hall–Kier alpha value is -3.40. The number of methoxy groups -OCH3 is 1. The Morgan fingerprint density at radius 2 is 1.86 bits per heavy atom. The molecule has 0 N–H and O–H groups in total. The Kier molecular flexibility index (Phi) is 4.71. The Morgan fingerprint density at radius 3 is 2.62 bits per heavy atom. The van der Waals surface area contributed by atoms with Gasteiger partial charge in [0.05, 0.1) is 12.7 Å². The van der Waals surface area contributed by atoms with Gasteiger partial charge in [0.25, 0.3) is 0 Å². The van der Waals surface area contributed by atoms with Crippen LogP contribution in [0, 0.1) is 0 Å². The van der Waals surface area contributed by atoms with E-state index in [1.807, 2.05) is 0 Å². The highest BCUT2D eigenvalue weighted by Crippen LogP contribution is 2.41. The van der Waals surface area contributed by atoms with Crippen molar-refractivity contribution in [3.05, 3.63) is 59.5 Å². The summed E-state index contributed by atoms with van der Waals surface area (Å²) in [5.74, 6) is 0.159. The number of hydrogen-bond acceptors (Lipinski definition) is 6. The summed E-state index contributed by atoms with van der Waals surface area (Å²) in [7, 11) is 1.42. The van der Waals surface area contributed by atoms with Crippen molar-refractivity contribution in [2.75, 3.05) is 7.11 Å². The van der Waals surface area contributed by atoms with Crippen LogP contribution in [0.2, 0.25) is 5.28 Å². The van der Waals surface area contributed by atoms with Gasteiger partial charge in [-0.1, -0.05) is 0 Å². The number of ether oxygens (including phenoxy) is 2. The van der Waals surface area contributed by atoms with Crippen LogP contribution >= 0.6 is 11.6 Å². The van der Waals surface area contributed by atoms with E-state index in [-0.39, 0.29) is 22.8 Å². The average molecular weight is 422 g/mol. The molecule has 0 unspecified atom stereocenters. The van der Waals surface area contributed by atoms with E-state index in [0.29, 0.717) is 16.8 Å². The van der Waals surface area contributed by atoms with Gasteiger partial charge in [0.15, 0.2) is 5.65 Å². The van der Waals surface area contributed by atoms with Crippen LogP contribution in [-0.4, -0.2) is 31.9 Å². The van der Waals surface area contributed by atoms with Crippen LogP contribution in [0.5, 0.6) is 17.5 Å². The van der Waals surface area contributed by atoms with Crippen LogP contribution in [0.3, 0.4) is 0 Å². The van der Waals surface area contributed by atoms with Crippen molar-refractivity contribution in [3.8, 4) is 28.6 Å². The van der Waals surface area contributed by atoms with E-state index in [0.717, 1.165) is 12.1 Å². The molecule has 0 atom stereocenters. The molecular formula is C18H11ClF3N5O2. The second-order valence-corrected chi connectivity index (χ2v) is 6.12. The Morgan fingerprint density at radius 1 is 1.03 bits per heavy atom. The van der Waals surface area contributed by atoms with Crippen molar-refractivity contribution in [2.45, 2.75) is 6.18 Å². The van der Waals surface area contributed by atoms with Gasteiger partial charge < -0.3 is 9.47 Å². The molecule has 0 aliphatic carbocycles. The van der Waals surface area contributed by atoms with Gasteiger partial charge in [-0.15, -0.1) is 15.3 Å². The number of fused-ring (bicyclic) bond motifs is 1. The third kappa shape index (κ3) is 3.66. The maximum absolute atomic E-state index is 13.3. The summed E-state index contributed by atoms with van der Waals surface area (Å²) in [6, 6.07) is 9.42. The lowest BCUT2D eigenvalue weighted by Gasteiger charge is -2.15. The van der Waals surface area contributed by atoms with Gasteiger partial charge in [0, 0.05) is 23.4 Å². The summed E-state index contributed by atoms with van der Waals surface area (Å²) in [6.07, 6.45) is -3.04. The highest BCUT2D eigenvalue weighted by Gasteiger charge is 2.32. The topological polar surface area (TPSA) is 74.4 Å². The van der Waals surface area contributed by atoms with E-state index in [1.54, 1.807) is 12.1 Å². The van der Waals surface area contributed by atoms with Gasteiger partial charge >= 0.3 is 6.18 Å². The molecule has 0 saturated carbocycles. The molecule has 1 aromatic carbocycles. The monoisotopic (exact) mass is 421 g/mol. The van der Waals surface area contributed by atoms with Crippen LogP contribution in [0.1, 0.15) is 5.56 Å². The maximum atomic E-state index is 13.3. The van der Waals surface area contributed by atoms with Gasteiger partial charge in [0.1, 0.15) is 5.75 Å². The second-order valence-electron chi connectivity index (χ2n) is 5.78. The summed E-state index contributed by atoms with van der Waals surface area (Å²) in [5.41, 5.74) is 0.296. The molecule has 4 aromatic rings. The zero-order valence-corrected chi connectivity index (χ0v) is 15.4.